The first kappa shape index (κ1) is 17.7. The molecule has 3 heterocycles. The number of aromatic nitrogens is 3. The fraction of sp³-hybridized carbons (Fsp3) is 0.261. The standard InChI is InChI=1S/C23H23N5O/c1-27-13-6-14-28(23-22(27)25-19-9-4-5-10-20(19)26-23)21(29)12-11-16-15-24-18-8-3-2-7-17(16)18/h2-5,7-10,15,24H,6,11-14H2,1H3. The maximum atomic E-state index is 13.2. The number of benzene rings is 2. The van der Waals surface area contributed by atoms with E-state index in [4.69, 9.17) is 9.97 Å². The molecule has 0 saturated heterocycles. The summed E-state index contributed by atoms with van der Waals surface area (Å²) in [5.41, 5.74) is 3.95. The molecule has 0 atom stereocenters. The zero-order valence-corrected chi connectivity index (χ0v) is 16.4. The Hall–Kier alpha value is -3.41. The van der Waals surface area contributed by atoms with Crippen LogP contribution in [0.3, 0.4) is 0 Å². The average molecular weight is 385 g/mol. The normalized spacial score (nSPS) is 14.2. The average Bonchev–Trinajstić information content (AvgIpc) is 3.10. The Morgan fingerprint density at radius 1 is 1.00 bits per heavy atom. The zero-order chi connectivity index (χ0) is 19.8. The Balaban J connectivity index is 1.45. The van der Waals surface area contributed by atoms with E-state index >= 15 is 0 Å². The van der Waals surface area contributed by atoms with E-state index < -0.39 is 0 Å². The van der Waals surface area contributed by atoms with Gasteiger partial charge in [0.25, 0.3) is 0 Å². The largest absolute Gasteiger partial charge is 0.361 e. The Bertz CT molecular complexity index is 1200. The number of amides is 1. The first-order chi connectivity index (χ1) is 14.2. The third kappa shape index (κ3) is 3.20. The van der Waals surface area contributed by atoms with Crippen LogP contribution < -0.4 is 9.80 Å². The van der Waals surface area contributed by atoms with Gasteiger partial charge in [-0.05, 0) is 36.6 Å². The smallest absolute Gasteiger partial charge is 0.228 e. The molecule has 0 radical (unpaired) electrons. The van der Waals surface area contributed by atoms with E-state index in [0.717, 1.165) is 35.3 Å². The molecule has 2 aromatic heterocycles. The second-order valence-corrected chi connectivity index (χ2v) is 7.54. The van der Waals surface area contributed by atoms with Crippen LogP contribution in [0.15, 0.2) is 54.7 Å². The quantitative estimate of drug-likeness (QED) is 0.581. The fourth-order valence-electron chi connectivity index (χ4n) is 4.05. The molecule has 5 rings (SSSR count). The molecule has 1 aliphatic rings. The van der Waals surface area contributed by atoms with Gasteiger partial charge in [0.15, 0.2) is 11.6 Å². The molecule has 4 aromatic rings. The molecule has 0 saturated carbocycles. The van der Waals surface area contributed by atoms with Crippen molar-refractivity contribution in [3.05, 3.63) is 60.3 Å². The number of fused-ring (bicyclic) bond motifs is 3. The number of nitrogens with one attached hydrogen (secondary N) is 1. The van der Waals surface area contributed by atoms with E-state index in [1.165, 1.54) is 10.9 Å². The zero-order valence-electron chi connectivity index (χ0n) is 16.4. The molecular formula is C23H23N5O. The van der Waals surface area contributed by atoms with Crippen LogP contribution in [0.1, 0.15) is 18.4 Å². The van der Waals surface area contributed by atoms with Crippen molar-refractivity contribution in [2.75, 3.05) is 29.9 Å². The lowest BCUT2D eigenvalue weighted by Gasteiger charge is -2.22. The summed E-state index contributed by atoms with van der Waals surface area (Å²) >= 11 is 0. The Morgan fingerprint density at radius 3 is 2.55 bits per heavy atom. The van der Waals surface area contributed by atoms with E-state index in [1.54, 1.807) is 0 Å². The summed E-state index contributed by atoms with van der Waals surface area (Å²) < 4.78 is 0. The number of nitrogens with zero attached hydrogens (tertiary/aromatic N) is 4. The fourth-order valence-corrected chi connectivity index (χ4v) is 4.05. The molecule has 0 aliphatic carbocycles. The van der Waals surface area contributed by atoms with Crippen molar-refractivity contribution in [2.45, 2.75) is 19.3 Å². The summed E-state index contributed by atoms with van der Waals surface area (Å²) in [6.07, 6.45) is 4.05. The van der Waals surface area contributed by atoms with Gasteiger partial charge in [-0.1, -0.05) is 30.3 Å². The first-order valence-electron chi connectivity index (χ1n) is 10.0. The van der Waals surface area contributed by atoms with Crippen molar-refractivity contribution in [3.63, 3.8) is 0 Å². The molecule has 6 heteroatoms. The van der Waals surface area contributed by atoms with Crippen LogP contribution in [0.5, 0.6) is 0 Å². The Morgan fingerprint density at radius 2 is 1.72 bits per heavy atom. The molecule has 1 aliphatic heterocycles. The summed E-state index contributed by atoms with van der Waals surface area (Å²) in [5, 5.41) is 1.18. The first-order valence-corrected chi connectivity index (χ1v) is 10.0. The van der Waals surface area contributed by atoms with Gasteiger partial charge in [-0.15, -0.1) is 0 Å². The number of carbonyl (C=O) groups excluding carboxylic acids is 1. The van der Waals surface area contributed by atoms with Crippen molar-refractivity contribution in [1.82, 2.24) is 15.0 Å². The number of anilines is 2. The van der Waals surface area contributed by atoms with Gasteiger partial charge < -0.3 is 9.88 Å². The minimum absolute atomic E-state index is 0.0939. The van der Waals surface area contributed by atoms with E-state index in [9.17, 15) is 4.79 Å². The van der Waals surface area contributed by atoms with E-state index in [1.807, 2.05) is 54.5 Å². The highest BCUT2D eigenvalue weighted by Gasteiger charge is 2.26. The Kier molecular flexibility index (Phi) is 4.39. The van der Waals surface area contributed by atoms with Crippen LogP contribution in [0, 0.1) is 0 Å². The van der Waals surface area contributed by atoms with Gasteiger partial charge in [-0.2, -0.15) is 0 Å². The number of hydrogen-bond donors (Lipinski definition) is 1. The van der Waals surface area contributed by atoms with Crippen LogP contribution in [0.25, 0.3) is 21.9 Å². The van der Waals surface area contributed by atoms with Crippen LogP contribution in [0.4, 0.5) is 11.6 Å². The number of carbonyl (C=O) groups is 1. The lowest BCUT2D eigenvalue weighted by molar-refractivity contribution is -0.118. The number of aryl methyl sites for hydroxylation is 1. The summed E-state index contributed by atoms with van der Waals surface area (Å²) in [6.45, 7) is 1.52. The van der Waals surface area contributed by atoms with Gasteiger partial charge in [-0.25, -0.2) is 9.97 Å². The van der Waals surface area contributed by atoms with Crippen LogP contribution in [-0.2, 0) is 11.2 Å². The second-order valence-electron chi connectivity index (χ2n) is 7.54. The number of rotatable bonds is 3. The monoisotopic (exact) mass is 385 g/mol. The summed E-state index contributed by atoms with van der Waals surface area (Å²) in [7, 11) is 2.02. The third-order valence-electron chi connectivity index (χ3n) is 5.61. The second kappa shape index (κ2) is 7.20. The van der Waals surface area contributed by atoms with Crippen molar-refractivity contribution in [1.29, 1.82) is 0 Å². The van der Waals surface area contributed by atoms with Crippen LogP contribution >= 0.6 is 0 Å². The van der Waals surface area contributed by atoms with Gasteiger partial charge in [0, 0.05) is 43.7 Å². The third-order valence-corrected chi connectivity index (χ3v) is 5.61. The molecular weight excluding hydrogens is 362 g/mol. The summed E-state index contributed by atoms with van der Waals surface area (Å²) in [4.78, 5) is 30.1. The molecule has 6 nitrogen and oxygen atoms in total. The minimum Gasteiger partial charge on any atom is -0.361 e. The van der Waals surface area contributed by atoms with Gasteiger partial charge in [-0.3, -0.25) is 9.69 Å². The molecule has 0 bridgehead atoms. The lowest BCUT2D eigenvalue weighted by Crippen LogP contribution is -2.32. The maximum Gasteiger partial charge on any atom is 0.228 e. The molecule has 0 fully saturated rings. The number of aromatic amines is 1. The van der Waals surface area contributed by atoms with Gasteiger partial charge >= 0.3 is 0 Å². The Labute approximate surface area is 169 Å². The molecule has 0 spiro atoms. The van der Waals surface area contributed by atoms with Crippen LogP contribution in [0.2, 0.25) is 0 Å². The van der Waals surface area contributed by atoms with E-state index in [2.05, 4.69) is 22.0 Å². The SMILES string of the molecule is CN1CCCN(C(=O)CCc2c[nH]c3ccccc23)c2nc3ccccc3nc21. The molecule has 0 unspecified atom stereocenters. The predicted octanol–water partition coefficient (Wildman–Crippen LogP) is 3.92. The lowest BCUT2D eigenvalue weighted by atomic mass is 10.1. The van der Waals surface area contributed by atoms with Crippen molar-refractivity contribution in [2.24, 2.45) is 0 Å². The topological polar surface area (TPSA) is 65.1 Å². The van der Waals surface area contributed by atoms with Crippen LogP contribution in [-0.4, -0.2) is 41.0 Å². The molecule has 29 heavy (non-hydrogen) atoms. The highest BCUT2D eigenvalue weighted by atomic mass is 16.2. The summed E-state index contributed by atoms with van der Waals surface area (Å²) in [5.74, 6) is 1.55. The molecule has 2 aromatic carbocycles. The van der Waals surface area contributed by atoms with E-state index in [-0.39, 0.29) is 5.91 Å². The minimum atomic E-state index is 0.0939. The molecule has 1 amide bonds. The highest BCUT2D eigenvalue weighted by Crippen LogP contribution is 2.31. The highest BCUT2D eigenvalue weighted by molar-refractivity contribution is 5.97. The maximum absolute atomic E-state index is 13.2. The summed E-state index contributed by atoms with van der Waals surface area (Å²) in [6, 6.07) is 16.0. The van der Waals surface area contributed by atoms with Gasteiger partial charge in [0.2, 0.25) is 5.91 Å². The number of H-pyrrole nitrogens is 1. The van der Waals surface area contributed by atoms with E-state index in [0.29, 0.717) is 25.2 Å². The number of hydrogen-bond acceptors (Lipinski definition) is 4. The predicted molar refractivity (Wildman–Crippen MR) is 116 cm³/mol. The van der Waals surface area contributed by atoms with Crippen molar-refractivity contribution >= 4 is 39.5 Å². The molecule has 146 valence electrons. The van der Waals surface area contributed by atoms with Gasteiger partial charge in [0.1, 0.15) is 0 Å². The molecule has 1 N–H and O–H groups in total. The van der Waals surface area contributed by atoms with Gasteiger partial charge in [0.05, 0.1) is 11.0 Å². The van der Waals surface area contributed by atoms with Crippen molar-refractivity contribution < 1.29 is 4.79 Å². The number of para-hydroxylation sites is 3. The van der Waals surface area contributed by atoms with Crippen molar-refractivity contribution in [3.8, 4) is 0 Å².